The van der Waals surface area contributed by atoms with Gasteiger partial charge < -0.3 is 15.8 Å². The minimum absolute atomic E-state index is 0.275. The third kappa shape index (κ3) is 1.77. The fourth-order valence-electron chi connectivity index (χ4n) is 2.45. The number of nitrogens with one attached hydrogen (secondary N) is 1. The molecule has 1 unspecified atom stereocenters. The Morgan fingerprint density at radius 1 is 1.25 bits per heavy atom. The standard InChI is InChI=1S/C15H13ClN2O2/c1-20-11-4-2-3-9(7-11)15(17)12-8-10(16)5-6-13(12)18-14(15)19/h2-8H,17H2,1H3,(H,18,19). The van der Waals surface area contributed by atoms with E-state index in [9.17, 15) is 4.79 Å². The lowest BCUT2D eigenvalue weighted by atomic mass is 9.85. The van der Waals surface area contributed by atoms with E-state index in [4.69, 9.17) is 22.1 Å². The second kappa shape index (κ2) is 4.51. The Morgan fingerprint density at radius 3 is 2.80 bits per heavy atom. The maximum Gasteiger partial charge on any atom is 0.253 e. The van der Waals surface area contributed by atoms with Gasteiger partial charge in [-0.1, -0.05) is 23.7 Å². The molecule has 1 amide bonds. The Kier molecular flexibility index (Phi) is 2.92. The second-order valence-electron chi connectivity index (χ2n) is 4.68. The first kappa shape index (κ1) is 13.0. The maximum atomic E-state index is 12.3. The molecule has 1 aliphatic heterocycles. The number of rotatable bonds is 2. The molecule has 3 rings (SSSR count). The Labute approximate surface area is 121 Å². The fourth-order valence-corrected chi connectivity index (χ4v) is 2.62. The highest BCUT2D eigenvalue weighted by atomic mass is 35.5. The summed E-state index contributed by atoms with van der Waals surface area (Å²) in [5, 5.41) is 3.33. The van der Waals surface area contributed by atoms with Gasteiger partial charge in [-0.2, -0.15) is 0 Å². The molecule has 2 aromatic rings. The highest BCUT2D eigenvalue weighted by Crippen LogP contribution is 2.40. The van der Waals surface area contributed by atoms with Crippen LogP contribution in [0.3, 0.4) is 0 Å². The van der Waals surface area contributed by atoms with Crippen molar-refractivity contribution in [1.82, 2.24) is 0 Å². The summed E-state index contributed by atoms with van der Waals surface area (Å²) in [6, 6.07) is 12.4. The molecule has 0 saturated carbocycles. The SMILES string of the molecule is COc1cccc(C2(N)C(=O)Nc3ccc(Cl)cc32)c1. The van der Waals surface area contributed by atoms with Gasteiger partial charge in [-0.05, 0) is 35.9 Å². The first-order chi connectivity index (χ1) is 9.55. The van der Waals surface area contributed by atoms with E-state index in [1.807, 2.05) is 0 Å². The van der Waals surface area contributed by atoms with Crippen LogP contribution in [-0.4, -0.2) is 13.0 Å². The molecule has 20 heavy (non-hydrogen) atoms. The molecule has 1 heterocycles. The van der Waals surface area contributed by atoms with Gasteiger partial charge in [0.2, 0.25) is 0 Å². The van der Waals surface area contributed by atoms with Gasteiger partial charge >= 0.3 is 0 Å². The van der Waals surface area contributed by atoms with Crippen LogP contribution >= 0.6 is 11.6 Å². The zero-order valence-electron chi connectivity index (χ0n) is 10.8. The fraction of sp³-hybridized carbons (Fsp3) is 0.133. The number of methoxy groups -OCH3 is 1. The number of hydrogen-bond donors (Lipinski definition) is 2. The molecule has 0 fully saturated rings. The van der Waals surface area contributed by atoms with Gasteiger partial charge in [-0.15, -0.1) is 0 Å². The number of fused-ring (bicyclic) bond motifs is 1. The molecule has 0 spiro atoms. The number of carbonyl (C=O) groups excluding carboxylic acids is 1. The summed E-state index contributed by atoms with van der Waals surface area (Å²) < 4.78 is 5.19. The Hall–Kier alpha value is -2.04. The van der Waals surface area contributed by atoms with E-state index >= 15 is 0 Å². The Balaban J connectivity index is 2.21. The molecule has 4 nitrogen and oxygen atoms in total. The predicted molar refractivity (Wildman–Crippen MR) is 78.0 cm³/mol. The molecule has 2 aromatic carbocycles. The molecule has 0 radical (unpaired) electrons. The Bertz CT molecular complexity index is 702. The van der Waals surface area contributed by atoms with Crippen molar-refractivity contribution in [3.8, 4) is 5.75 Å². The minimum Gasteiger partial charge on any atom is -0.497 e. The molecule has 0 bridgehead atoms. The summed E-state index contributed by atoms with van der Waals surface area (Å²) in [6.07, 6.45) is 0. The average Bonchev–Trinajstić information content (AvgIpc) is 2.72. The first-order valence-electron chi connectivity index (χ1n) is 6.10. The van der Waals surface area contributed by atoms with E-state index in [0.717, 1.165) is 0 Å². The molecule has 5 heteroatoms. The molecule has 0 aliphatic carbocycles. The van der Waals surface area contributed by atoms with Crippen LogP contribution in [0.4, 0.5) is 5.69 Å². The lowest BCUT2D eigenvalue weighted by Gasteiger charge is -2.23. The summed E-state index contributed by atoms with van der Waals surface area (Å²) in [5.74, 6) is 0.374. The van der Waals surface area contributed by atoms with Gasteiger partial charge in [0, 0.05) is 16.3 Å². The molecule has 3 N–H and O–H groups in total. The van der Waals surface area contributed by atoms with E-state index in [1.54, 1.807) is 49.6 Å². The van der Waals surface area contributed by atoms with Crippen LogP contribution in [0, 0.1) is 0 Å². The molecule has 0 aromatic heterocycles. The lowest BCUT2D eigenvalue weighted by Crippen LogP contribution is -2.44. The molecule has 0 saturated heterocycles. The van der Waals surface area contributed by atoms with Crippen LogP contribution in [0.15, 0.2) is 42.5 Å². The van der Waals surface area contributed by atoms with E-state index < -0.39 is 5.54 Å². The molecule has 102 valence electrons. The summed E-state index contributed by atoms with van der Waals surface area (Å²) >= 11 is 6.03. The number of amides is 1. The zero-order valence-corrected chi connectivity index (χ0v) is 11.6. The number of halogens is 1. The maximum absolute atomic E-state index is 12.3. The van der Waals surface area contributed by atoms with Crippen molar-refractivity contribution in [3.63, 3.8) is 0 Å². The third-order valence-corrected chi connectivity index (χ3v) is 3.77. The normalized spacial score (nSPS) is 20.4. The smallest absolute Gasteiger partial charge is 0.253 e. The lowest BCUT2D eigenvalue weighted by molar-refractivity contribution is -0.119. The van der Waals surface area contributed by atoms with E-state index in [-0.39, 0.29) is 5.91 Å². The van der Waals surface area contributed by atoms with Gasteiger partial charge in [-0.25, -0.2) is 0 Å². The number of benzene rings is 2. The average molecular weight is 289 g/mol. The number of ether oxygens (including phenoxy) is 1. The summed E-state index contributed by atoms with van der Waals surface area (Å²) in [5.41, 5.74) is 7.16. The molecule has 1 atom stereocenters. The zero-order chi connectivity index (χ0) is 14.3. The van der Waals surface area contributed by atoms with Crippen molar-refractivity contribution in [2.45, 2.75) is 5.54 Å². The quantitative estimate of drug-likeness (QED) is 0.892. The molecular formula is C15H13ClN2O2. The summed E-state index contributed by atoms with van der Waals surface area (Å²) in [7, 11) is 1.57. The monoisotopic (exact) mass is 288 g/mol. The van der Waals surface area contributed by atoms with Crippen molar-refractivity contribution in [2.24, 2.45) is 5.73 Å². The van der Waals surface area contributed by atoms with Crippen molar-refractivity contribution in [2.75, 3.05) is 12.4 Å². The number of hydrogen-bond acceptors (Lipinski definition) is 3. The van der Waals surface area contributed by atoms with Crippen molar-refractivity contribution < 1.29 is 9.53 Å². The van der Waals surface area contributed by atoms with Crippen LogP contribution in [0.25, 0.3) is 0 Å². The summed E-state index contributed by atoms with van der Waals surface area (Å²) in [6.45, 7) is 0. The van der Waals surface area contributed by atoms with Crippen molar-refractivity contribution in [1.29, 1.82) is 0 Å². The third-order valence-electron chi connectivity index (χ3n) is 3.54. The highest BCUT2D eigenvalue weighted by Gasteiger charge is 2.45. The predicted octanol–water partition coefficient (Wildman–Crippen LogP) is 2.50. The molecule has 1 aliphatic rings. The van der Waals surface area contributed by atoms with Crippen molar-refractivity contribution in [3.05, 3.63) is 58.6 Å². The van der Waals surface area contributed by atoms with Crippen LogP contribution in [0.5, 0.6) is 5.75 Å². The number of nitrogens with two attached hydrogens (primary N) is 1. The largest absolute Gasteiger partial charge is 0.497 e. The van der Waals surface area contributed by atoms with Crippen LogP contribution in [0.1, 0.15) is 11.1 Å². The van der Waals surface area contributed by atoms with Crippen LogP contribution in [0.2, 0.25) is 5.02 Å². The van der Waals surface area contributed by atoms with E-state index in [2.05, 4.69) is 5.32 Å². The van der Waals surface area contributed by atoms with Crippen LogP contribution < -0.4 is 15.8 Å². The van der Waals surface area contributed by atoms with E-state index in [0.29, 0.717) is 27.6 Å². The van der Waals surface area contributed by atoms with Gasteiger partial charge in [0.05, 0.1) is 7.11 Å². The molecular weight excluding hydrogens is 276 g/mol. The topological polar surface area (TPSA) is 64.3 Å². The van der Waals surface area contributed by atoms with Gasteiger partial charge in [0.15, 0.2) is 0 Å². The van der Waals surface area contributed by atoms with E-state index in [1.165, 1.54) is 0 Å². The van der Waals surface area contributed by atoms with Crippen molar-refractivity contribution >= 4 is 23.2 Å². The van der Waals surface area contributed by atoms with Crippen LogP contribution in [-0.2, 0) is 10.3 Å². The summed E-state index contributed by atoms with van der Waals surface area (Å²) in [4.78, 5) is 12.3. The second-order valence-corrected chi connectivity index (χ2v) is 5.12. The minimum atomic E-state index is -1.26. The van der Waals surface area contributed by atoms with Gasteiger partial charge in [0.25, 0.3) is 5.91 Å². The highest BCUT2D eigenvalue weighted by molar-refractivity contribution is 6.31. The number of anilines is 1. The first-order valence-corrected chi connectivity index (χ1v) is 6.48. The Morgan fingerprint density at radius 2 is 2.05 bits per heavy atom. The number of carbonyl (C=O) groups is 1. The van der Waals surface area contributed by atoms with Gasteiger partial charge in [-0.3, -0.25) is 4.79 Å². The van der Waals surface area contributed by atoms with Gasteiger partial charge in [0.1, 0.15) is 11.3 Å².